The van der Waals surface area contributed by atoms with Crippen molar-refractivity contribution in [3.63, 3.8) is 0 Å². The van der Waals surface area contributed by atoms with Crippen molar-refractivity contribution in [3.05, 3.63) is 54.1 Å². The molecule has 2 aromatic carbocycles. The maximum Gasteiger partial charge on any atom is 0.255 e. The van der Waals surface area contributed by atoms with Crippen molar-refractivity contribution < 1.29 is 14.3 Å². The number of carbonyl (C=O) groups excluding carboxylic acids is 2. The zero-order valence-corrected chi connectivity index (χ0v) is 14.1. The summed E-state index contributed by atoms with van der Waals surface area (Å²) in [6.45, 7) is 2.46. The predicted octanol–water partition coefficient (Wildman–Crippen LogP) is 2.08. The van der Waals surface area contributed by atoms with Crippen LogP contribution in [0.5, 0.6) is 5.75 Å². The Morgan fingerprint density at radius 2 is 2.04 bits per heavy atom. The Labute approximate surface area is 146 Å². The number of ether oxygens (including phenoxy) is 1. The molecule has 3 rings (SSSR count). The minimum atomic E-state index is -0.516. The lowest BCUT2D eigenvalue weighted by atomic mass is 10.1. The molecule has 2 aromatic rings. The van der Waals surface area contributed by atoms with Gasteiger partial charge in [0.25, 0.3) is 5.91 Å². The second kappa shape index (κ2) is 7.25. The first kappa shape index (κ1) is 16.8. The largest absolute Gasteiger partial charge is 0.484 e. The lowest BCUT2D eigenvalue weighted by Crippen LogP contribution is -2.33. The molecule has 25 heavy (non-hydrogen) atoms. The lowest BCUT2D eigenvalue weighted by Gasteiger charge is -2.18. The number of rotatable bonds is 6. The molecular weight excluding hydrogens is 318 g/mol. The lowest BCUT2D eigenvalue weighted by molar-refractivity contribution is -0.120. The van der Waals surface area contributed by atoms with E-state index in [-0.39, 0.29) is 18.6 Å². The highest BCUT2D eigenvalue weighted by atomic mass is 16.5. The van der Waals surface area contributed by atoms with E-state index in [4.69, 9.17) is 10.5 Å². The Morgan fingerprint density at radius 1 is 1.28 bits per heavy atom. The molecule has 0 radical (unpaired) electrons. The number of para-hydroxylation sites is 1. The summed E-state index contributed by atoms with van der Waals surface area (Å²) in [6, 6.07) is 14.8. The van der Waals surface area contributed by atoms with E-state index in [2.05, 4.69) is 5.32 Å². The van der Waals surface area contributed by atoms with Gasteiger partial charge in [0.1, 0.15) is 11.8 Å². The standard InChI is InChI=1S/C19H21N3O3/c1-13-11-15(25-12-18(20)23)7-8-16(13)21-17-9-10-22(19(17)24)14-5-3-2-4-6-14/h2-8,11,17,21H,9-10,12H2,1H3,(H2,20,23)/t17-/m1/s1. The summed E-state index contributed by atoms with van der Waals surface area (Å²) in [7, 11) is 0. The monoisotopic (exact) mass is 339 g/mol. The molecule has 0 bridgehead atoms. The second-order valence-electron chi connectivity index (χ2n) is 6.04. The predicted molar refractivity (Wildman–Crippen MR) is 96.7 cm³/mol. The van der Waals surface area contributed by atoms with Crippen molar-refractivity contribution in [1.82, 2.24) is 0 Å². The third-order valence-electron chi connectivity index (χ3n) is 4.18. The number of anilines is 2. The van der Waals surface area contributed by atoms with Gasteiger partial charge in [0.05, 0.1) is 0 Å². The number of primary amides is 1. The average Bonchev–Trinajstić information content (AvgIpc) is 2.96. The van der Waals surface area contributed by atoms with E-state index in [1.165, 1.54) is 0 Å². The minimum absolute atomic E-state index is 0.0691. The second-order valence-corrected chi connectivity index (χ2v) is 6.04. The van der Waals surface area contributed by atoms with Crippen LogP contribution < -0.4 is 20.7 Å². The zero-order valence-electron chi connectivity index (χ0n) is 14.1. The third kappa shape index (κ3) is 3.91. The van der Waals surface area contributed by atoms with Gasteiger partial charge in [-0.1, -0.05) is 18.2 Å². The van der Waals surface area contributed by atoms with Crippen molar-refractivity contribution >= 4 is 23.2 Å². The van der Waals surface area contributed by atoms with Gasteiger partial charge < -0.3 is 20.7 Å². The summed E-state index contributed by atoms with van der Waals surface area (Å²) in [5.74, 6) is 0.127. The van der Waals surface area contributed by atoms with E-state index in [9.17, 15) is 9.59 Å². The molecule has 0 aliphatic carbocycles. The fraction of sp³-hybridized carbons (Fsp3) is 0.263. The molecule has 0 unspecified atom stereocenters. The SMILES string of the molecule is Cc1cc(OCC(N)=O)ccc1N[C@@H]1CCN(c2ccccc2)C1=O. The summed E-state index contributed by atoms with van der Waals surface area (Å²) < 4.78 is 5.29. The molecule has 1 heterocycles. The van der Waals surface area contributed by atoms with Gasteiger partial charge in [0.2, 0.25) is 5.91 Å². The Hall–Kier alpha value is -3.02. The van der Waals surface area contributed by atoms with Crippen LogP contribution in [0.4, 0.5) is 11.4 Å². The van der Waals surface area contributed by atoms with E-state index in [0.717, 1.165) is 23.4 Å². The summed E-state index contributed by atoms with van der Waals surface area (Å²) in [5, 5.41) is 3.31. The number of nitrogens with zero attached hydrogens (tertiary/aromatic N) is 1. The van der Waals surface area contributed by atoms with E-state index in [1.54, 1.807) is 11.0 Å². The maximum absolute atomic E-state index is 12.7. The summed E-state index contributed by atoms with van der Waals surface area (Å²) in [5.41, 5.74) is 7.81. The molecule has 0 spiro atoms. The molecule has 6 nitrogen and oxygen atoms in total. The van der Waals surface area contributed by atoms with Gasteiger partial charge in [-0.3, -0.25) is 9.59 Å². The maximum atomic E-state index is 12.7. The van der Waals surface area contributed by atoms with Crippen molar-refractivity contribution in [3.8, 4) is 5.75 Å². The first-order valence-corrected chi connectivity index (χ1v) is 8.19. The molecule has 1 aliphatic heterocycles. The van der Waals surface area contributed by atoms with Crippen LogP contribution in [-0.2, 0) is 9.59 Å². The number of nitrogens with one attached hydrogen (secondary N) is 1. The molecule has 1 saturated heterocycles. The molecule has 1 aliphatic rings. The molecule has 0 saturated carbocycles. The van der Waals surface area contributed by atoms with E-state index in [1.807, 2.05) is 49.4 Å². The number of hydrogen-bond donors (Lipinski definition) is 2. The molecule has 3 N–H and O–H groups in total. The Bertz CT molecular complexity index is 777. The van der Waals surface area contributed by atoms with Crippen molar-refractivity contribution in [2.24, 2.45) is 5.73 Å². The first-order chi connectivity index (χ1) is 12.0. The van der Waals surface area contributed by atoms with Gasteiger partial charge in [-0.2, -0.15) is 0 Å². The highest BCUT2D eigenvalue weighted by Crippen LogP contribution is 2.26. The normalized spacial score (nSPS) is 16.8. The summed E-state index contributed by atoms with van der Waals surface area (Å²) in [4.78, 5) is 25.2. The van der Waals surface area contributed by atoms with E-state index >= 15 is 0 Å². The average molecular weight is 339 g/mol. The van der Waals surface area contributed by atoms with Crippen LogP contribution in [0.25, 0.3) is 0 Å². The topological polar surface area (TPSA) is 84.7 Å². The third-order valence-corrected chi connectivity index (χ3v) is 4.18. The van der Waals surface area contributed by atoms with Crippen LogP contribution in [0.3, 0.4) is 0 Å². The number of hydrogen-bond acceptors (Lipinski definition) is 4. The van der Waals surface area contributed by atoms with E-state index in [0.29, 0.717) is 12.3 Å². The number of aryl methyl sites for hydroxylation is 1. The van der Waals surface area contributed by atoms with Crippen LogP contribution in [-0.4, -0.2) is 31.0 Å². The van der Waals surface area contributed by atoms with Gasteiger partial charge in [-0.25, -0.2) is 0 Å². The molecule has 1 fully saturated rings. The number of nitrogens with two attached hydrogens (primary N) is 1. The van der Waals surface area contributed by atoms with Crippen LogP contribution in [0, 0.1) is 6.92 Å². The van der Waals surface area contributed by atoms with Crippen LogP contribution in [0.1, 0.15) is 12.0 Å². The minimum Gasteiger partial charge on any atom is -0.484 e. The van der Waals surface area contributed by atoms with Gasteiger partial charge in [0.15, 0.2) is 6.61 Å². The molecule has 1 atom stereocenters. The van der Waals surface area contributed by atoms with Crippen molar-refractivity contribution in [1.29, 1.82) is 0 Å². The van der Waals surface area contributed by atoms with Crippen LogP contribution in [0.15, 0.2) is 48.5 Å². The summed E-state index contributed by atoms with van der Waals surface area (Å²) in [6.07, 6.45) is 0.743. The zero-order chi connectivity index (χ0) is 17.8. The first-order valence-electron chi connectivity index (χ1n) is 8.19. The van der Waals surface area contributed by atoms with Crippen LogP contribution in [0.2, 0.25) is 0 Å². The van der Waals surface area contributed by atoms with E-state index < -0.39 is 5.91 Å². The van der Waals surface area contributed by atoms with Gasteiger partial charge >= 0.3 is 0 Å². The van der Waals surface area contributed by atoms with Crippen LogP contribution >= 0.6 is 0 Å². The number of amides is 2. The molecule has 0 aromatic heterocycles. The Morgan fingerprint density at radius 3 is 2.72 bits per heavy atom. The quantitative estimate of drug-likeness (QED) is 0.844. The molecule has 6 heteroatoms. The Balaban J connectivity index is 1.66. The fourth-order valence-corrected chi connectivity index (χ4v) is 2.91. The number of carbonyl (C=O) groups is 2. The molecule has 2 amide bonds. The molecular formula is C19H21N3O3. The van der Waals surface area contributed by atoms with Crippen molar-refractivity contribution in [2.45, 2.75) is 19.4 Å². The Kier molecular flexibility index (Phi) is 4.88. The fourth-order valence-electron chi connectivity index (χ4n) is 2.91. The highest BCUT2D eigenvalue weighted by molar-refractivity contribution is 6.01. The van der Waals surface area contributed by atoms with Crippen molar-refractivity contribution in [2.75, 3.05) is 23.4 Å². The highest BCUT2D eigenvalue weighted by Gasteiger charge is 2.32. The van der Waals surface area contributed by atoms with Gasteiger partial charge in [-0.15, -0.1) is 0 Å². The summed E-state index contributed by atoms with van der Waals surface area (Å²) >= 11 is 0. The molecule has 130 valence electrons. The van der Waals surface area contributed by atoms with Gasteiger partial charge in [0, 0.05) is 17.9 Å². The van der Waals surface area contributed by atoms with Gasteiger partial charge in [-0.05, 0) is 49.2 Å². The number of benzene rings is 2. The smallest absolute Gasteiger partial charge is 0.255 e.